The van der Waals surface area contributed by atoms with Crippen LogP contribution in [0.4, 0.5) is 5.69 Å². The summed E-state index contributed by atoms with van der Waals surface area (Å²) >= 11 is 2.66. The van der Waals surface area contributed by atoms with Crippen molar-refractivity contribution in [1.82, 2.24) is 24.2 Å². The second-order valence-electron chi connectivity index (χ2n) is 6.43. The van der Waals surface area contributed by atoms with Gasteiger partial charge in [0.15, 0.2) is 5.82 Å². The first-order valence-electron chi connectivity index (χ1n) is 8.98. The van der Waals surface area contributed by atoms with E-state index in [1.165, 1.54) is 20.7 Å². The predicted octanol–water partition coefficient (Wildman–Crippen LogP) is 2.25. The summed E-state index contributed by atoms with van der Waals surface area (Å²) < 4.78 is 4.59. The van der Waals surface area contributed by atoms with E-state index in [-0.39, 0.29) is 22.9 Å². The monoisotopic (exact) mass is 441 g/mol. The SMILES string of the molecule is Cc1c(NC(=O)CSc2nnc(-c3cccs3)n2N)c(=O)n(-c2ccccc2)n1C. The third-order valence-corrected chi connectivity index (χ3v) is 6.37. The number of thiophene rings is 1. The minimum atomic E-state index is -0.327. The molecule has 0 spiro atoms. The van der Waals surface area contributed by atoms with E-state index in [0.29, 0.717) is 16.7 Å². The Hall–Kier alpha value is -3.31. The maximum atomic E-state index is 12.9. The van der Waals surface area contributed by atoms with Crippen LogP contribution < -0.4 is 16.7 Å². The van der Waals surface area contributed by atoms with E-state index in [9.17, 15) is 9.59 Å². The molecule has 0 bridgehead atoms. The summed E-state index contributed by atoms with van der Waals surface area (Å²) in [6.07, 6.45) is 0. The molecule has 9 nitrogen and oxygen atoms in total. The third-order valence-electron chi connectivity index (χ3n) is 4.56. The van der Waals surface area contributed by atoms with Crippen LogP contribution >= 0.6 is 23.1 Å². The van der Waals surface area contributed by atoms with Crippen LogP contribution in [-0.2, 0) is 11.8 Å². The second-order valence-corrected chi connectivity index (χ2v) is 8.32. The number of anilines is 1. The van der Waals surface area contributed by atoms with Crippen LogP contribution in [0.25, 0.3) is 16.4 Å². The molecule has 3 aromatic heterocycles. The largest absolute Gasteiger partial charge is 0.335 e. The smallest absolute Gasteiger partial charge is 0.295 e. The zero-order chi connectivity index (χ0) is 21.3. The van der Waals surface area contributed by atoms with Crippen molar-refractivity contribution in [3.05, 3.63) is 63.9 Å². The lowest BCUT2D eigenvalue weighted by molar-refractivity contribution is -0.113. The minimum Gasteiger partial charge on any atom is -0.335 e. The van der Waals surface area contributed by atoms with Crippen LogP contribution in [0, 0.1) is 6.92 Å². The number of nitrogens with two attached hydrogens (primary N) is 1. The molecule has 1 amide bonds. The molecular formula is C19H19N7O2S2. The molecule has 3 N–H and O–H groups in total. The number of aromatic nitrogens is 5. The van der Waals surface area contributed by atoms with Crippen LogP contribution in [0.3, 0.4) is 0 Å². The maximum Gasteiger partial charge on any atom is 0.295 e. The molecule has 0 radical (unpaired) electrons. The molecule has 0 saturated heterocycles. The number of rotatable bonds is 6. The standard InChI is InChI=1S/C19H19N7O2S2/c1-12-16(18(28)26(24(12)2)13-7-4-3-5-8-13)21-15(27)11-30-19-23-22-17(25(19)20)14-9-6-10-29-14/h3-10H,11,20H2,1-2H3,(H,21,27). The molecule has 4 aromatic rings. The van der Waals surface area contributed by atoms with Crippen molar-refractivity contribution in [3.8, 4) is 16.4 Å². The minimum absolute atomic E-state index is 0.0406. The fraction of sp³-hybridized carbons (Fsp3) is 0.158. The van der Waals surface area contributed by atoms with Crippen LogP contribution in [0.1, 0.15) is 5.69 Å². The number of amides is 1. The number of carbonyl (C=O) groups excluding carboxylic acids is 1. The molecule has 0 aliphatic heterocycles. The molecule has 4 rings (SSSR count). The Labute approximate surface area is 180 Å². The van der Waals surface area contributed by atoms with E-state index in [1.807, 2.05) is 47.8 Å². The Kier molecular flexibility index (Phi) is 5.46. The van der Waals surface area contributed by atoms with Crippen molar-refractivity contribution in [1.29, 1.82) is 0 Å². The summed E-state index contributed by atoms with van der Waals surface area (Å²) in [5.41, 5.74) is 1.34. The van der Waals surface area contributed by atoms with E-state index < -0.39 is 0 Å². The van der Waals surface area contributed by atoms with E-state index in [0.717, 1.165) is 22.3 Å². The lowest BCUT2D eigenvalue weighted by atomic mass is 10.3. The van der Waals surface area contributed by atoms with Crippen LogP contribution in [0.5, 0.6) is 0 Å². The van der Waals surface area contributed by atoms with Crippen molar-refractivity contribution in [3.63, 3.8) is 0 Å². The van der Waals surface area contributed by atoms with Gasteiger partial charge in [0.05, 0.1) is 22.0 Å². The molecule has 0 atom stereocenters. The van der Waals surface area contributed by atoms with Gasteiger partial charge in [0.1, 0.15) is 5.69 Å². The first kappa shape index (κ1) is 20.0. The number of thioether (sulfide) groups is 1. The maximum absolute atomic E-state index is 12.9. The Balaban J connectivity index is 1.49. The fourth-order valence-electron chi connectivity index (χ4n) is 2.97. The van der Waals surface area contributed by atoms with Crippen LogP contribution in [-0.4, -0.2) is 35.9 Å². The van der Waals surface area contributed by atoms with Gasteiger partial charge in [0.25, 0.3) is 5.56 Å². The molecule has 154 valence electrons. The van der Waals surface area contributed by atoms with Gasteiger partial charge in [0, 0.05) is 7.05 Å². The Morgan fingerprint density at radius 1 is 1.20 bits per heavy atom. The Morgan fingerprint density at radius 3 is 2.67 bits per heavy atom. The van der Waals surface area contributed by atoms with Crippen molar-refractivity contribution >= 4 is 34.7 Å². The first-order valence-corrected chi connectivity index (χ1v) is 10.8. The molecule has 11 heteroatoms. The summed E-state index contributed by atoms with van der Waals surface area (Å²) in [5.74, 6) is 6.31. The average Bonchev–Trinajstić information content (AvgIpc) is 3.44. The number of para-hydroxylation sites is 1. The number of nitrogens with zero attached hydrogens (tertiary/aromatic N) is 5. The average molecular weight is 442 g/mol. The molecule has 0 unspecified atom stereocenters. The topological polar surface area (TPSA) is 113 Å². The van der Waals surface area contributed by atoms with Gasteiger partial charge in [-0.25, -0.2) is 9.36 Å². The molecule has 1 aromatic carbocycles. The van der Waals surface area contributed by atoms with Crippen molar-refractivity contribution < 1.29 is 4.79 Å². The lowest BCUT2D eigenvalue weighted by Gasteiger charge is -2.07. The summed E-state index contributed by atoms with van der Waals surface area (Å²) in [5, 5.41) is 13.2. The molecule has 0 saturated carbocycles. The third kappa shape index (κ3) is 3.64. The molecule has 0 fully saturated rings. The van der Waals surface area contributed by atoms with Crippen LogP contribution in [0.2, 0.25) is 0 Å². The number of benzene rings is 1. The number of nitrogen functional groups attached to an aromatic ring is 1. The van der Waals surface area contributed by atoms with Gasteiger partial charge in [-0.2, -0.15) is 0 Å². The van der Waals surface area contributed by atoms with E-state index in [2.05, 4.69) is 15.5 Å². The summed E-state index contributed by atoms with van der Waals surface area (Å²) in [6, 6.07) is 13.1. The van der Waals surface area contributed by atoms with Gasteiger partial charge in [-0.05, 0) is 30.5 Å². The summed E-state index contributed by atoms with van der Waals surface area (Å²) in [6.45, 7) is 1.79. The van der Waals surface area contributed by atoms with Crippen molar-refractivity contribution in [2.24, 2.45) is 7.05 Å². The summed E-state index contributed by atoms with van der Waals surface area (Å²) in [7, 11) is 1.77. The van der Waals surface area contributed by atoms with E-state index in [4.69, 9.17) is 5.84 Å². The van der Waals surface area contributed by atoms with Crippen molar-refractivity contribution in [2.45, 2.75) is 12.1 Å². The zero-order valence-corrected chi connectivity index (χ0v) is 17.9. The number of hydrogen-bond donors (Lipinski definition) is 2. The van der Waals surface area contributed by atoms with Gasteiger partial charge in [0.2, 0.25) is 11.1 Å². The van der Waals surface area contributed by atoms with Gasteiger partial charge in [-0.15, -0.1) is 21.5 Å². The quantitative estimate of drug-likeness (QED) is 0.351. The van der Waals surface area contributed by atoms with E-state index >= 15 is 0 Å². The Bertz CT molecular complexity index is 1240. The molecular weight excluding hydrogens is 422 g/mol. The van der Waals surface area contributed by atoms with Crippen molar-refractivity contribution in [2.75, 3.05) is 16.9 Å². The highest BCUT2D eigenvalue weighted by Gasteiger charge is 2.19. The predicted molar refractivity (Wildman–Crippen MR) is 119 cm³/mol. The molecule has 3 heterocycles. The van der Waals surface area contributed by atoms with Gasteiger partial charge < -0.3 is 11.2 Å². The van der Waals surface area contributed by atoms with Crippen LogP contribution in [0.15, 0.2) is 57.8 Å². The normalized spacial score (nSPS) is 11.0. The van der Waals surface area contributed by atoms with Gasteiger partial charge in [-0.3, -0.25) is 14.3 Å². The fourth-order valence-corrected chi connectivity index (χ4v) is 4.33. The van der Waals surface area contributed by atoms with Gasteiger partial charge >= 0.3 is 0 Å². The lowest BCUT2D eigenvalue weighted by Crippen LogP contribution is -2.23. The Morgan fingerprint density at radius 2 is 1.97 bits per heavy atom. The molecule has 30 heavy (non-hydrogen) atoms. The van der Waals surface area contributed by atoms with E-state index in [1.54, 1.807) is 18.7 Å². The number of nitrogens with one attached hydrogen (secondary N) is 1. The zero-order valence-electron chi connectivity index (χ0n) is 16.3. The highest BCUT2D eigenvalue weighted by atomic mass is 32.2. The highest BCUT2D eigenvalue weighted by molar-refractivity contribution is 7.99. The second kappa shape index (κ2) is 8.20. The van der Waals surface area contributed by atoms with Gasteiger partial charge in [-0.1, -0.05) is 36.0 Å². The molecule has 0 aliphatic carbocycles. The first-order chi connectivity index (χ1) is 14.5. The number of carbonyl (C=O) groups is 1. The number of hydrogen-bond acceptors (Lipinski definition) is 7. The summed E-state index contributed by atoms with van der Waals surface area (Å²) in [4.78, 5) is 26.3. The molecule has 0 aliphatic rings. The highest BCUT2D eigenvalue weighted by Crippen LogP contribution is 2.25.